The lowest BCUT2D eigenvalue weighted by molar-refractivity contribution is -0.174. The molecule has 164 valence electrons. The topological polar surface area (TPSA) is 90.5 Å². The maximum Gasteiger partial charge on any atom is 0.410 e. The summed E-state index contributed by atoms with van der Waals surface area (Å²) in [4.78, 5) is 13.0. The van der Waals surface area contributed by atoms with Crippen molar-refractivity contribution in [3.63, 3.8) is 0 Å². The predicted molar refractivity (Wildman–Crippen MR) is 105 cm³/mol. The van der Waals surface area contributed by atoms with E-state index in [9.17, 15) is 18.0 Å². The Morgan fingerprint density at radius 2 is 2.10 bits per heavy atom. The molecule has 3 heterocycles. The zero-order chi connectivity index (χ0) is 22.2. The molecule has 1 aliphatic heterocycles. The van der Waals surface area contributed by atoms with Crippen LogP contribution in [0.15, 0.2) is 47.2 Å². The highest BCUT2D eigenvalue weighted by Gasteiger charge is 2.47. The second-order valence-corrected chi connectivity index (χ2v) is 6.88. The van der Waals surface area contributed by atoms with Crippen LogP contribution >= 0.6 is 0 Å². The molecular weight excluding hydrogens is 417 g/mol. The van der Waals surface area contributed by atoms with Crippen LogP contribution < -0.4 is 20.1 Å². The Bertz CT molecular complexity index is 1080. The molecule has 1 aromatic carbocycles. The molecule has 0 saturated heterocycles. The maximum absolute atomic E-state index is 13.7. The molecule has 0 radical (unpaired) electrons. The number of aromatic nitrogens is 2. The number of furan rings is 1. The van der Waals surface area contributed by atoms with E-state index >= 15 is 0 Å². The molecule has 3 aromatic rings. The van der Waals surface area contributed by atoms with E-state index in [0.717, 1.165) is 10.9 Å². The smallest absolute Gasteiger partial charge is 0.410 e. The summed E-state index contributed by atoms with van der Waals surface area (Å²) in [6, 6.07) is 5.29. The number of ether oxygens (including phenoxy) is 2. The summed E-state index contributed by atoms with van der Waals surface area (Å²) in [7, 11) is 2.90. The number of rotatable bonds is 5. The molecule has 1 aliphatic rings. The summed E-state index contributed by atoms with van der Waals surface area (Å²) in [6.45, 7) is 0. The molecule has 0 aliphatic carbocycles. The molecule has 2 aromatic heterocycles. The quantitative estimate of drug-likeness (QED) is 0.616. The van der Waals surface area contributed by atoms with E-state index in [-0.39, 0.29) is 17.8 Å². The first kappa shape index (κ1) is 20.6. The summed E-state index contributed by atoms with van der Waals surface area (Å²) >= 11 is 0. The first-order chi connectivity index (χ1) is 14.8. The van der Waals surface area contributed by atoms with Crippen LogP contribution in [0.3, 0.4) is 0 Å². The van der Waals surface area contributed by atoms with Gasteiger partial charge in [-0.25, -0.2) is 4.68 Å². The Kier molecular flexibility index (Phi) is 5.25. The number of carbonyl (C=O) groups excluding carboxylic acids is 1. The summed E-state index contributed by atoms with van der Waals surface area (Å²) in [5.41, 5.74) is 0.257. The highest BCUT2D eigenvalue weighted by Crippen LogP contribution is 2.44. The van der Waals surface area contributed by atoms with Gasteiger partial charge < -0.3 is 24.5 Å². The number of nitrogens with zero attached hydrogens (tertiary/aromatic N) is 2. The third kappa shape index (κ3) is 3.90. The second kappa shape index (κ2) is 7.89. The normalized spacial score (nSPS) is 18.1. The van der Waals surface area contributed by atoms with E-state index in [2.05, 4.69) is 15.7 Å². The van der Waals surface area contributed by atoms with E-state index in [4.69, 9.17) is 13.9 Å². The number of carbonyl (C=O) groups is 1. The lowest BCUT2D eigenvalue weighted by atomic mass is 10.0. The van der Waals surface area contributed by atoms with Gasteiger partial charge in [0.25, 0.3) is 5.91 Å². The van der Waals surface area contributed by atoms with Crippen molar-refractivity contribution in [2.75, 3.05) is 24.9 Å². The SMILES string of the molecule is COc1ccc(OC)c(NC(=O)c2cnn3c2N[C@H](c2ccco2)C[C@H]3C(F)(F)F)c1. The number of anilines is 2. The molecule has 2 N–H and O–H groups in total. The number of hydrogen-bond donors (Lipinski definition) is 2. The van der Waals surface area contributed by atoms with Crippen LogP contribution in [0.1, 0.15) is 34.6 Å². The first-order valence-corrected chi connectivity index (χ1v) is 9.29. The predicted octanol–water partition coefficient (Wildman–Crippen LogP) is 4.41. The van der Waals surface area contributed by atoms with Gasteiger partial charge in [-0.05, 0) is 24.3 Å². The van der Waals surface area contributed by atoms with Gasteiger partial charge >= 0.3 is 6.18 Å². The van der Waals surface area contributed by atoms with Crippen molar-refractivity contribution in [2.24, 2.45) is 0 Å². The summed E-state index contributed by atoms with van der Waals surface area (Å²) in [6.07, 6.45) is -2.39. The van der Waals surface area contributed by atoms with Crippen molar-refractivity contribution in [3.05, 3.63) is 54.1 Å². The molecule has 0 spiro atoms. The number of hydrogen-bond acceptors (Lipinski definition) is 6. The summed E-state index contributed by atoms with van der Waals surface area (Å²) < 4.78 is 57.6. The van der Waals surface area contributed by atoms with Crippen LogP contribution in [0.4, 0.5) is 24.7 Å². The fourth-order valence-electron chi connectivity index (χ4n) is 3.51. The van der Waals surface area contributed by atoms with Crippen molar-refractivity contribution in [3.8, 4) is 11.5 Å². The molecule has 0 saturated carbocycles. The van der Waals surface area contributed by atoms with E-state index < -0.39 is 24.2 Å². The molecule has 0 bridgehead atoms. The van der Waals surface area contributed by atoms with Crippen LogP contribution in [0.25, 0.3) is 0 Å². The maximum atomic E-state index is 13.7. The van der Waals surface area contributed by atoms with E-state index in [1.807, 2.05) is 0 Å². The molecule has 4 rings (SSSR count). The number of fused-ring (bicyclic) bond motifs is 1. The molecule has 1 amide bonds. The number of alkyl halides is 3. The third-order valence-corrected chi connectivity index (χ3v) is 5.02. The van der Waals surface area contributed by atoms with Crippen LogP contribution in [0.2, 0.25) is 0 Å². The molecule has 11 heteroatoms. The number of methoxy groups -OCH3 is 2. The lowest BCUT2D eigenvalue weighted by Crippen LogP contribution is -2.36. The average molecular weight is 436 g/mol. The van der Waals surface area contributed by atoms with Gasteiger partial charge in [0, 0.05) is 12.5 Å². The fourth-order valence-corrected chi connectivity index (χ4v) is 3.51. The standard InChI is InChI=1S/C20H19F3N4O4/c1-29-11-5-6-15(30-2)13(8-11)26-19(28)12-10-24-27-17(20(21,22)23)9-14(25-18(12)27)16-4-3-7-31-16/h3-8,10,14,17,25H,9H2,1-2H3,(H,26,28)/t14-,17-/m0/s1. The first-order valence-electron chi connectivity index (χ1n) is 9.29. The summed E-state index contributed by atoms with van der Waals surface area (Å²) in [5, 5.41) is 9.45. The second-order valence-electron chi connectivity index (χ2n) is 6.88. The summed E-state index contributed by atoms with van der Waals surface area (Å²) in [5.74, 6) is 0.476. The van der Waals surface area contributed by atoms with Gasteiger partial charge in [-0.2, -0.15) is 18.3 Å². The zero-order valence-corrected chi connectivity index (χ0v) is 16.6. The molecule has 2 atom stereocenters. The largest absolute Gasteiger partial charge is 0.497 e. The zero-order valence-electron chi connectivity index (χ0n) is 16.6. The van der Waals surface area contributed by atoms with Gasteiger partial charge in [0.05, 0.1) is 38.4 Å². The van der Waals surface area contributed by atoms with Crippen LogP contribution in [-0.2, 0) is 0 Å². The van der Waals surface area contributed by atoms with Gasteiger partial charge in [0.15, 0.2) is 6.04 Å². The fraction of sp³-hybridized carbons (Fsp3) is 0.300. The van der Waals surface area contributed by atoms with Gasteiger partial charge in [-0.1, -0.05) is 0 Å². The van der Waals surface area contributed by atoms with Crippen molar-refractivity contribution >= 4 is 17.4 Å². The van der Waals surface area contributed by atoms with Crippen LogP contribution in [0, 0.1) is 0 Å². The van der Waals surface area contributed by atoms with Crippen LogP contribution in [-0.4, -0.2) is 36.1 Å². The third-order valence-electron chi connectivity index (χ3n) is 5.02. The monoisotopic (exact) mass is 436 g/mol. The van der Waals surface area contributed by atoms with E-state index in [0.29, 0.717) is 22.9 Å². The highest BCUT2D eigenvalue weighted by molar-refractivity contribution is 6.08. The number of amides is 1. The lowest BCUT2D eigenvalue weighted by Gasteiger charge is -2.32. The van der Waals surface area contributed by atoms with Gasteiger partial charge in [0.1, 0.15) is 28.6 Å². The minimum absolute atomic E-state index is 0.0459. The Balaban J connectivity index is 1.69. The van der Waals surface area contributed by atoms with E-state index in [1.165, 1.54) is 20.5 Å². The Morgan fingerprint density at radius 1 is 1.29 bits per heavy atom. The molecule has 31 heavy (non-hydrogen) atoms. The molecule has 0 fully saturated rings. The van der Waals surface area contributed by atoms with E-state index in [1.54, 1.807) is 30.3 Å². The van der Waals surface area contributed by atoms with Crippen molar-refractivity contribution in [2.45, 2.75) is 24.7 Å². The Morgan fingerprint density at radius 3 is 2.74 bits per heavy atom. The minimum atomic E-state index is -4.56. The average Bonchev–Trinajstić information content (AvgIpc) is 3.42. The molecule has 8 nitrogen and oxygen atoms in total. The van der Waals surface area contributed by atoms with Crippen molar-refractivity contribution in [1.29, 1.82) is 0 Å². The molecular formula is C20H19F3N4O4. The molecule has 0 unspecified atom stereocenters. The van der Waals surface area contributed by atoms with Gasteiger partial charge in [-0.3, -0.25) is 4.79 Å². The van der Waals surface area contributed by atoms with Gasteiger partial charge in [0.2, 0.25) is 0 Å². The highest BCUT2D eigenvalue weighted by atomic mass is 19.4. The number of benzene rings is 1. The van der Waals surface area contributed by atoms with Crippen molar-refractivity contribution in [1.82, 2.24) is 9.78 Å². The number of nitrogens with one attached hydrogen (secondary N) is 2. The number of halogens is 3. The van der Waals surface area contributed by atoms with Gasteiger partial charge in [-0.15, -0.1) is 0 Å². The minimum Gasteiger partial charge on any atom is -0.497 e. The Labute approximate surface area is 174 Å². The Hall–Kier alpha value is -3.63. The van der Waals surface area contributed by atoms with Crippen molar-refractivity contribution < 1.29 is 31.9 Å². The van der Waals surface area contributed by atoms with Crippen LogP contribution in [0.5, 0.6) is 11.5 Å².